The monoisotopic (exact) mass is 934 g/mol. The SMILES string of the molecule is C=C(C)CC1C(C)CC(O)(CC(C)C(C)CCCCO)OC1CC(/C=C/C=C/C=C/C=C/CC/C=C/C=C/C(CC)CC(C)C(C)OC(=C)CC(C)CC(C)CC)OC1CC(C)C(O)C(N)C1. The maximum Gasteiger partial charge on any atom is 0.166 e. The van der Waals surface area contributed by atoms with Gasteiger partial charge in [-0.25, -0.2) is 0 Å². The molecule has 0 spiro atoms. The molecule has 2 rings (SSSR count). The number of hydrogen-bond donors (Lipinski definition) is 4. The molecule has 0 amide bonds. The average molecular weight is 934 g/mol. The van der Waals surface area contributed by atoms with Crippen LogP contribution in [0.25, 0.3) is 0 Å². The van der Waals surface area contributed by atoms with E-state index in [-0.39, 0.29) is 60.7 Å². The Morgan fingerprint density at radius 1 is 0.806 bits per heavy atom. The lowest BCUT2D eigenvalue weighted by molar-refractivity contribution is -0.292. The van der Waals surface area contributed by atoms with Gasteiger partial charge in [0.05, 0.1) is 36.3 Å². The third kappa shape index (κ3) is 24.7. The van der Waals surface area contributed by atoms with Crippen LogP contribution in [-0.4, -0.2) is 64.3 Å². The Hall–Kier alpha value is -2.52. The van der Waals surface area contributed by atoms with E-state index in [1.807, 2.05) is 31.2 Å². The highest BCUT2D eigenvalue weighted by atomic mass is 16.6. The Morgan fingerprint density at radius 2 is 1.45 bits per heavy atom. The molecule has 1 saturated carbocycles. The van der Waals surface area contributed by atoms with Gasteiger partial charge >= 0.3 is 0 Å². The number of nitrogens with two attached hydrogens (primary N) is 1. The molecular formula is C60H103NO6. The van der Waals surface area contributed by atoms with Crippen LogP contribution in [0.2, 0.25) is 0 Å². The van der Waals surface area contributed by atoms with E-state index in [1.165, 1.54) is 12.8 Å². The van der Waals surface area contributed by atoms with Crippen LogP contribution in [-0.2, 0) is 14.2 Å². The zero-order chi connectivity index (χ0) is 49.9. The van der Waals surface area contributed by atoms with Crippen molar-refractivity contribution in [3.8, 4) is 0 Å². The van der Waals surface area contributed by atoms with E-state index in [0.717, 1.165) is 81.5 Å². The summed E-state index contributed by atoms with van der Waals surface area (Å²) in [6.07, 6.45) is 39.1. The van der Waals surface area contributed by atoms with Crippen LogP contribution in [0.5, 0.6) is 0 Å². The van der Waals surface area contributed by atoms with Gasteiger partial charge in [-0.3, -0.25) is 0 Å². The summed E-state index contributed by atoms with van der Waals surface area (Å²) in [6, 6.07) is -0.324. The Balaban J connectivity index is 1.99. The van der Waals surface area contributed by atoms with Crippen LogP contribution in [0.15, 0.2) is 97.4 Å². The van der Waals surface area contributed by atoms with Gasteiger partial charge in [-0.15, -0.1) is 6.58 Å². The molecule has 5 N–H and O–H groups in total. The number of aliphatic hydroxyl groups is 3. The lowest BCUT2D eigenvalue weighted by atomic mass is 9.74. The minimum absolute atomic E-state index is 0.0511. The van der Waals surface area contributed by atoms with Crippen LogP contribution < -0.4 is 5.73 Å². The largest absolute Gasteiger partial charge is 0.495 e. The quantitative estimate of drug-likeness (QED) is 0.0224. The third-order valence-corrected chi connectivity index (χ3v) is 15.1. The molecule has 1 saturated heterocycles. The van der Waals surface area contributed by atoms with Crippen molar-refractivity contribution >= 4 is 0 Å². The van der Waals surface area contributed by atoms with Crippen LogP contribution in [0, 0.1) is 53.3 Å². The van der Waals surface area contributed by atoms with Gasteiger partial charge in [0.15, 0.2) is 5.79 Å². The minimum atomic E-state index is -1.22. The molecule has 384 valence electrons. The van der Waals surface area contributed by atoms with Gasteiger partial charge in [-0.1, -0.05) is 167 Å². The highest BCUT2D eigenvalue weighted by Gasteiger charge is 2.46. The van der Waals surface area contributed by atoms with E-state index in [4.69, 9.17) is 19.9 Å². The molecule has 0 radical (unpaired) electrons. The number of rotatable bonds is 33. The summed E-state index contributed by atoms with van der Waals surface area (Å²) < 4.78 is 19.9. The third-order valence-electron chi connectivity index (χ3n) is 15.1. The summed E-state index contributed by atoms with van der Waals surface area (Å²) in [5.74, 6) is 3.23. The fourth-order valence-electron chi connectivity index (χ4n) is 10.4. The normalized spacial score (nSPS) is 29.0. The molecular weight excluding hydrogens is 831 g/mol. The molecule has 0 bridgehead atoms. The Morgan fingerprint density at radius 3 is 2.07 bits per heavy atom. The first-order valence-electron chi connectivity index (χ1n) is 26.9. The number of unbranched alkanes of at least 4 members (excludes halogenated alkanes) is 2. The van der Waals surface area contributed by atoms with E-state index >= 15 is 0 Å². The maximum absolute atomic E-state index is 12.1. The van der Waals surface area contributed by atoms with E-state index in [0.29, 0.717) is 49.4 Å². The molecule has 16 unspecified atom stereocenters. The van der Waals surface area contributed by atoms with Gasteiger partial charge in [-0.2, -0.15) is 0 Å². The van der Waals surface area contributed by atoms with E-state index in [2.05, 4.69) is 131 Å². The number of allylic oxidation sites excluding steroid dienone is 13. The Labute approximate surface area is 412 Å². The van der Waals surface area contributed by atoms with Gasteiger partial charge in [0.2, 0.25) is 0 Å². The molecule has 0 aromatic rings. The van der Waals surface area contributed by atoms with Crippen molar-refractivity contribution < 1.29 is 29.5 Å². The molecule has 67 heavy (non-hydrogen) atoms. The fraction of sp³-hybridized carbons (Fsp3) is 0.733. The van der Waals surface area contributed by atoms with Gasteiger partial charge < -0.3 is 35.3 Å². The minimum Gasteiger partial charge on any atom is -0.495 e. The molecule has 0 aromatic carbocycles. The van der Waals surface area contributed by atoms with E-state index in [1.54, 1.807) is 0 Å². The maximum atomic E-state index is 12.1. The lowest BCUT2D eigenvalue weighted by Crippen LogP contribution is -2.51. The first-order valence-corrected chi connectivity index (χ1v) is 26.9. The summed E-state index contributed by atoms with van der Waals surface area (Å²) in [4.78, 5) is 0. The predicted octanol–water partition coefficient (Wildman–Crippen LogP) is 14.3. The van der Waals surface area contributed by atoms with Gasteiger partial charge in [0.1, 0.15) is 0 Å². The highest BCUT2D eigenvalue weighted by Crippen LogP contribution is 2.44. The average Bonchev–Trinajstić information content (AvgIpc) is 3.25. The molecule has 1 aliphatic carbocycles. The molecule has 7 heteroatoms. The second-order valence-electron chi connectivity index (χ2n) is 21.9. The summed E-state index contributed by atoms with van der Waals surface area (Å²) in [7, 11) is 0. The van der Waals surface area contributed by atoms with E-state index < -0.39 is 11.9 Å². The molecule has 0 aromatic heterocycles. The molecule has 1 aliphatic heterocycles. The molecule has 2 aliphatic rings. The van der Waals surface area contributed by atoms with Crippen molar-refractivity contribution in [3.63, 3.8) is 0 Å². The summed E-state index contributed by atoms with van der Waals surface area (Å²) >= 11 is 0. The lowest BCUT2D eigenvalue weighted by Gasteiger charge is -2.48. The molecule has 2 fully saturated rings. The Kier molecular flexibility index (Phi) is 30.0. The predicted molar refractivity (Wildman–Crippen MR) is 285 cm³/mol. The zero-order valence-electron chi connectivity index (χ0n) is 44.7. The standard InChI is InChI=1S/C60H103NO6/c1-14-44(5)35-45(6)36-51(12)65-52(13)47(8)37-53(15-2)31-26-24-22-20-18-16-17-19-21-23-25-27-32-54(66-55-38-48(9)59(63)57(61)39-55)40-58-56(34-43(3)4)50(11)42-60(64,67-58)41-49(10)46(7)30-28-29-33-62/h16-17,19,21-27,31-32,44-50,52-59,62-64H,3,12,14-15,18,20,28-30,33-42,61H2,1-2,4-11,13H3/b17-16+,21-19+,24-22+,25-23+,31-26+,32-27+. The second-order valence-corrected chi connectivity index (χ2v) is 21.9. The highest BCUT2D eigenvalue weighted by molar-refractivity contribution is 5.16. The van der Waals surface area contributed by atoms with Crippen LogP contribution in [0.1, 0.15) is 179 Å². The smallest absolute Gasteiger partial charge is 0.166 e. The number of ether oxygens (including phenoxy) is 3. The van der Waals surface area contributed by atoms with Gasteiger partial charge in [0.25, 0.3) is 0 Å². The van der Waals surface area contributed by atoms with Crippen LogP contribution >= 0.6 is 0 Å². The Bertz CT molecular complexity index is 1530. The molecule has 1 heterocycles. The topological polar surface area (TPSA) is 114 Å². The zero-order valence-corrected chi connectivity index (χ0v) is 44.7. The number of hydrogen-bond acceptors (Lipinski definition) is 7. The van der Waals surface area contributed by atoms with Crippen molar-refractivity contribution in [2.45, 2.75) is 221 Å². The summed E-state index contributed by atoms with van der Waals surface area (Å²) in [6.45, 7) is 33.2. The number of aliphatic hydroxyl groups excluding tert-OH is 2. The first kappa shape index (κ1) is 60.6. The van der Waals surface area contributed by atoms with Crippen LogP contribution in [0.3, 0.4) is 0 Å². The van der Waals surface area contributed by atoms with Crippen molar-refractivity contribution in [2.75, 3.05) is 6.61 Å². The molecule has 16 atom stereocenters. The van der Waals surface area contributed by atoms with Crippen molar-refractivity contribution in [1.82, 2.24) is 0 Å². The van der Waals surface area contributed by atoms with Crippen LogP contribution in [0.4, 0.5) is 0 Å². The fourth-order valence-corrected chi connectivity index (χ4v) is 10.4. The van der Waals surface area contributed by atoms with Gasteiger partial charge in [-0.05, 0) is 125 Å². The summed E-state index contributed by atoms with van der Waals surface area (Å²) in [5.41, 5.74) is 7.50. The van der Waals surface area contributed by atoms with Crippen molar-refractivity contribution in [2.24, 2.45) is 59.0 Å². The van der Waals surface area contributed by atoms with Crippen molar-refractivity contribution in [1.29, 1.82) is 0 Å². The van der Waals surface area contributed by atoms with Crippen molar-refractivity contribution in [3.05, 3.63) is 97.4 Å². The first-order chi connectivity index (χ1) is 31.8. The van der Waals surface area contributed by atoms with E-state index in [9.17, 15) is 15.3 Å². The second kappa shape index (κ2) is 33.1. The molecule has 7 nitrogen and oxygen atoms in total. The summed E-state index contributed by atoms with van der Waals surface area (Å²) in [5, 5.41) is 32.0. The van der Waals surface area contributed by atoms with Gasteiger partial charge in [0, 0.05) is 38.3 Å².